The van der Waals surface area contributed by atoms with Gasteiger partial charge in [0.1, 0.15) is 24.1 Å². The van der Waals surface area contributed by atoms with Crippen LogP contribution in [-0.2, 0) is 73.4 Å². The Kier molecular flexibility index (Phi) is 28.8. The van der Waals surface area contributed by atoms with E-state index in [0.717, 1.165) is 46.8 Å². The van der Waals surface area contributed by atoms with Crippen molar-refractivity contribution in [3.05, 3.63) is 106 Å². The summed E-state index contributed by atoms with van der Waals surface area (Å²) in [6, 6.07) is 11.8. The molecule has 3 aliphatic rings. The Hall–Kier alpha value is -6.57. The fourth-order valence-electron chi connectivity index (χ4n) is 11.3. The molecule has 5 heterocycles. The number of aromatic amines is 1. The summed E-state index contributed by atoms with van der Waals surface area (Å²) in [4.78, 5) is 67.6. The number of amides is 3. The molecular weight excluding hydrogens is 1360 g/mol. The first-order chi connectivity index (χ1) is 46.0. The molecule has 3 unspecified atom stereocenters. The van der Waals surface area contributed by atoms with Gasteiger partial charge in [-0.2, -0.15) is 26.4 Å². The minimum absolute atomic E-state index is 0.0637. The van der Waals surface area contributed by atoms with Crippen LogP contribution in [0, 0.1) is 12.0 Å². The summed E-state index contributed by atoms with van der Waals surface area (Å²) in [5, 5.41) is 8.05. The van der Waals surface area contributed by atoms with Gasteiger partial charge in [-0.3, -0.25) is 28.2 Å². The Bertz CT molecular complexity index is 3950. The van der Waals surface area contributed by atoms with Crippen molar-refractivity contribution in [2.75, 3.05) is 95.6 Å². The highest BCUT2D eigenvalue weighted by molar-refractivity contribution is 8.77. The lowest BCUT2D eigenvalue weighted by Crippen LogP contribution is -2.30. The quantitative estimate of drug-likeness (QED) is 0.00241. The standard InChI is InChI=1S/C64H88N9O19PS4/c1-8-71-50-23-21-46(96(80,81)82)39-48(50)63(4,5)52(71)17-11-9-12-18-53-64(6,7)49-40-47(97(83,84)85)22-24-51(49)72(53)31-14-10-13-19-54(74)66-29-35-86-37-38-87-36-30-68-61(77)90-34-27-62(2,3)95-94-43-88-32-15-16-33-89-60(76)67-28-26-44-41-73(57-56(44)58(75)70-59(65)69-57)55-25-20-45(92-55)42-91-93(78)79/h9,11-12,17-18,21-24,39-41,45,55,93H,8,10,13-16,19-20,25,27,29-38,42-43H2,1-7H3,(H8-,65,66,67,68,69,70,74,75,76,77,78,79,80,81,82,83,84,85)/p+1. The van der Waals surface area contributed by atoms with E-state index in [0.29, 0.717) is 96.9 Å². The molecule has 97 heavy (non-hydrogen) atoms. The molecule has 0 bridgehead atoms. The van der Waals surface area contributed by atoms with Gasteiger partial charge in [0.25, 0.3) is 25.8 Å². The molecule has 0 spiro atoms. The molecule has 1 fully saturated rings. The van der Waals surface area contributed by atoms with Crippen LogP contribution in [-0.4, -0.2) is 170 Å². The summed E-state index contributed by atoms with van der Waals surface area (Å²) in [5.41, 5.74) is 9.66. The van der Waals surface area contributed by atoms with Gasteiger partial charge < -0.3 is 63.7 Å². The van der Waals surface area contributed by atoms with Crippen molar-refractivity contribution in [2.45, 2.75) is 144 Å². The van der Waals surface area contributed by atoms with E-state index in [1.54, 1.807) is 33.7 Å². The fraction of sp³-hybridized carbons (Fsp3) is 0.531. The molecule has 532 valence electrons. The van der Waals surface area contributed by atoms with Crippen LogP contribution in [0.1, 0.15) is 129 Å². The molecule has 33 heteroatoms. The largest absolute Gasteiger partial charge is 0.450 e. The second-order valence-electron chi connectivity index (χ2n) is 24.5. The first-order valence-electron chi connectivity index (χ1n) is 31.8. The lowest BCUT2D eigenvalue weighted by atomic mass is 9.81. The first kappa shape index (κ1) is 77.8. The van der Waals surface area contributed by atoms with E-state index in [9.17, 15) is 49.7 Å². The van der Waals surface area contributed by atoms with Crippen molar-refractivity contribution in [1.82, 2.24) is 30.5 Å². The average Bonchev–Trinajstić information content (AvgIpc) is 1.61. The van der Waals surface area contributed by atoms with Gasteiger partial charge in [-0.05, 0) is 127 Å². The van der Waals surface area contributed by atoms with E-state index < -0.39 is 69.4 Å². The zero-order chi connectivity index (χ0) is 70.6. The van der Waals surface area contributed by atoms with Crippen LogP contribution < -0.4 is 32.1 Å². The maximum Gasteiger partial charge on any atom is 0.418 e. The molecule has 0 aliphatic carbocycles. The molecule has 9 N–H and O–H groups in total. The smallest absolute Gasteiger partial charge is 0.418 e. The van der Waals surface area contributed by atoms with Crippen LogP contribution in [0.2, 0.25) is 0 Å². The molecule has 3 aliphatic heterocycles. The maximum absolute atomic E-state index is 12.8. The molecule has 4 aromatic rings. The number of likely N-dealkylation sites (N-methyl/N-ethyl adjacent to an activating group) is 1. The van der Waals surface area contributed by atoms with E-state index in [4.69, 9.17) is 43.6 Å². The number of carbonyl (C=O) groups is 3. The van der Waals surface area contributed by atoms with Crippen molar-refractivity contribution < 1.29 is 87.3 Å². The third-order valence-electron chi connectivity index (χ3n) is 16.2. The third-order valence-corrected chi connectivity index (χ3v) is 21.4. The summed E-state index contributed by atoms with van der Waals surface area (Å²) >= 11 is 0. The Morgan fingerprint density at radius 2 is 1.56 bits per heavy atom. The number of hydrogen-bond donors (Lipinski definition) is 8. The SMILES string of the molecule is CCN1\C(=C/C=C/C=C/C2=[N+](CCCCCC(=O)NCCOCCOCCNC(=O)OCCC(C)(C)SSCOCCCCOC(=O)NC#Cc3cn(C4CCC(CO[PH](=O)O)O4)c4nc(N)[nH]c(=O)c34)c3ccc(S(=O)(=O)O)cc3C2(C)C)C(C)(C)c2cc(S(=O)(=O)O)ccc21. The summed E-state index contributed by atoms with van der Waals surface area (Å²) in [7, 11) is -8.80. The first-order valence-corrected chi connectivity index (χ1v) is 38.3. The Morgan fingerprint density at radius 1 is 0.866 bits per heavy atom. The van der Waals surface area contributed by atoms with Crippen LogP contribution in [0.25, 0.3) is 11.0 Å². The van der Waals surface area contributed by atoms with Crippen LogP contribution in [0.4, 0.5) is 26.9 Å². The number of unbranched alkanes of at least 4 members (excludes halogenated alkanes) is 3. The zero-order valence-electron chi connectivity index (χ0n) is 55.5. The van der Waals surface area contributed by atoms with Crippen molar-refractivity contribution in [2.24, 2.45) is 0 Å². The number of aromatic nitrogens is 3. The van der Waals surface area contributed by atoms with Crippen LogP contribution >= 0.6 is 29.8 Å². The Morgan fingerprint density at radius 3 is 2.27 bits per heavy atom. The number of rotatable bonds is 37. The lowest BCUT2D eigenvalue weighted by molar-refractivity contribution is -0.438. The van der Waals surface area contributed by atoms with Crippen molar-refractivity contribution >= 4 is 102 Å². The van der Waals surface area contributed by atoms with Crippen molar-refractivity contribution in [3.8, 4) is 12.0 Å². The predicted molar refractivity (Wildman–Crippen MR) is 371 cm³/mol. The highest BCUT2D eigenvalue weighted by atomic mass is 33.1. The number of hydrogen-bond acceptors (Lipinski definition) is 21. The van der Waals surface area contributed by atoms with Gasteiger partial charge in [0.15, 0.2) is 11.4 Å². The van der Waals surface area contributed by atoms with E-state index in [2.05, 4.69) is 47.4 Å². The molecule has 28 nitrogen and oxygen atoms in total. The second kappa shape index (κ2) is 36.0. The number of anilines is 2. The van der Waals surface area contributed by atoms with E-state index in [-0.39, 0.29) is 76.0 Å². The monoisotopic (exact) mass is 1450 g/mol. The Balaban J connectivity index is 0.692. The number of carbonyl (C=O) groups excluding carboxylic acids is 3. The van der Waals surface area contributed by atoms with E-state index >= 15 is 0 Å². The van der Waals surface area contributed by atoms with Gasteiger partial charge in [-0.15, -0.1) is 0 Å². The van der Waals surface area contributed by atoms with E-state index in [1.807, 2.05) is 78.8 Å². The number of nitrogens with two attached hydrogens (primary N) is 1. The number of allylic oxidation sites excluding steroid dienone is 6. The molecule has 0 radical (unpaired) electrons. The summed E-state index contributed by atoms with van der Waals surface area (Å²) in [6.45, 7) is 17.8. The summed E-state index contributed by atoms with van der Waals surface area (Å²) in [5.74, 6) is 2.98. The average molecular weight is 1450 g/mol. The molecule has 0 saturated carbocycles. The van der Waals surface area contributed by atoms with Crippen molar-refractivity contribution in [3.63, 3.8) is 0 Å². The highest BCUT2D eigenvalue weighted by Crippen LogP contribution is 2.49. The normalized spacial score (nSPS) is 17.4. The number of benzene rings is 2. The number of ether oxygens (including phenoxy) is 6. The Labute approximate surface area is 574 Å². The predicted octanol–water partition coefficient (Wildman–Crippen LogP) is 8.54. The number of alkyl carbamates (subject to hydrolysis) is 2. The lowest BCUT2D eigenvalue weighted by Gasteiger charge is -2.25. The zero-order valence-corrected chi connectivity index (χ0v) is 59.8. The van der Waals surface area contributed by atoms with Crippen LogP contribution in [0.15, 0.2) is 93.3 Å². The van der Waals surface area contributed by atoms with Gasteiger partial charge >= 0.3 is 20.4 Å². The molecule has 3 amide bonds. The minimum atomic E-state index is -4.45. The topological polar surface area (TPSA) is 381 Å². The molecule has 3 atom stereocenters. The molecule has 2 aromatic heterocycles. The van der Waals surface area contributed by atoms with Gasteiger partial charge in [-0.1, -0.05) is 53.7 Å². The van der Waals surface area contributed by atoms with Gasteiger partial charge in [0.2, 0.25) is 17.5 Å². The molecular formula is C64H89N9O19PS4+. The number of fused-ring (bicyclic) bond motifs is 3. The molecule has 1 saturated heterocycles. The number of nitrogen functional groups attached to an aromatic ring is 1. The van der Waals surface area contributed by atoms with Gasteiger partial charge in [0.05, 0.1) is 73.1 Å². The fourth-order valence-corrected chi connectivity index (χ4v) is 14.9. The number of nitrogens with zero attached hydrogens (tertiary/aromatic N) is 4. The summed E-state index contributed by atoms with van der Waals surface area (Å²) < 4.78 is 121. The maximum atomic E-state index is 12.8. The molecule has 2 aromatic carbocycles. The minimum Gasteiger partial charge on any atom is -0.450 e. The second-order valence-corrected chi connectivity index (χ2v) is 31.1. The molecule has 7 rings (SSSR count). The summed E-state index contributed by atoms with van der Waals surface area (Å²) in [6.07, 6.45) is 14.2. The van der Waals surface area contributed by atoms with Crippen molar-refractivity contribution in [1.29, 1.82) is 0 Å². The number of nitrogens with one attached hydrogen (secondary N) is 4. The van der Waals surface area contributed by atoms with E-state index in [1.165, 1.54) is 35.1 Å². The number of H-pyrrole nitrogens is 1. The highest BCUT2D eigenvalue weighted by Gasteiger charge is 2.45. The van der Waals surface area contributed by atoms with Gasteiger partial charge in [0, 0.05) is 90.6 Å². The van der Waals surface area contributed by atoms with Crippen LogP contribution in [0.3, 0.4) is 0 Å². The third kappa shape index (κ3) is 22.5. The van der Waals surface area contributed by atoms with Gasteiger partial charge in [-0.25, -0.2) is 14.9 Å². The van der Waals surface area contributed by atoms with Crippen LogP contribution in [0.5, 0.6) is 0 Å².